The fraction of sp³-hybridized carbons (Fsp3) is 0.357. The van der Waals surface area contributed by atoms with Crippen LogP contribution in [0, 0.1) is 0 Å². The van der Waals surface area contributed by atoms with Gasteiger partial charge < -0.3 is 4.90 Å². The molecule has 1 aliphatic heterocycles. The van der Waals surface area contributed by atoms with E-state index in [1.165, 1.54) is 4.91 Å². The summed E-state index contributed by atoms with van der Waals surface area (Å²) >= 11 is 1.83. The van der Waals surface area contributed by atoms with Crippen molar-refractivity contribution in [2.24, 2.45) is 0 Å². The van der Waals surface area contributed by atoms with Crippen LogP contribution in [0.25, 0.3) is 5.65 Å². The number of rotatable bonds is 3. The van der Waals surface area contributed by atoms with Crippen LogP contribution in [0.3, 0.4) is 0 Å². The van der Waals surface area contributed by atoms with Crippen LogP contribution < -0.4 is 4.90 Å². The molecule has 6 heteroatoms. The zero-order chi connectivity index (χ0) is 14.3. The van der Waals surface area contributed by atoms with Gasteiger partial charge in [0.25, 0.3) is 0 Å². The van der Waals surface area contributed by atoms with Gasteiger partial charge in [-0.05, 0) is 18.2 Å². The number of thioether (sulfide) groups is 1. The molecule has 5 nitrogen and oxygen atoms in total. The van der Waals surface area contributed by atoms with Gasteiger partial charge in [-0.15, -0.1) is 11.8 Å². The molecule has 1 unspecified atom stereocenters. The van der Waals surface area contributed by atoms with Crippen molar-refractivity contribution in [1.82, 2.24) is 14.6 Å². The number of hydrogen-bond acceptors (Lipinski definition) is 5. The average molecular weight is 288 g/mol. The monoisotopic (exact) mass is 288 g/mol. The summed E-state index contributed by atoms with van der Waals surface area (Å²) in [6.45, 7) is 2.12. The quantitative estimate of drug-likeness (QED) is 0.813. The molecule has 20 heavy (non-hydrogen) atoms. The van der Waals surface area contributed by atoms with Gasteiger partial charge in [-0.25, -0.2) is 4.98 Å². The number of allylic oxidation sites excluding steroid dienone is 2. The molecule has 1 aliphatic rings. The van der Waals surface area contributed by atoms with E-state index in [-0.39, 0.29) is 0 Å². The summed E-state index contributed by atoms with van der Waals surface area (Å²) < 4.78 is 1.72. The molecular weight excluding hydrogens is 272 g/mol. The third-order valence-corrected chi connectivity index (χ3v) is 4.62. The summed E-state index contributed by atoms with van der Waals surface area (Å²) in [6.07, 6.45) is 5.59. The minimum Gasteiger partial charge on any atom is -0.363 e. The average Bonchev–Trinajstić information content (AvgIpc) is 3.03. The smallest absolute Gasteiger partial charge is 0.168 e. The van der Waals surface area contributed by atoms with Crippen LogP contribution in [0.5, 0.6) is 0 Å². The Bertz CT molecular complexity index is 705. The molecule has 0 amide bonds. The number of nitrogens with zero attached hydrogens (tertiary/aromatic N) is 4. The summed E-state index contributed by atoms with van der Waals surface area (Å²) in [4.78, 5) is 19.1. The Hall–Kier alpha value is -1.82. The third-order valence-electron chi connectivity index (χ3n) is 3.36. The minimum atomic E-state index is 0.327. The lowest BCUT2D eigenvalue weighted by molar-refractivity contribution is 0.112. The van der Waals surface area contributed by atoms with Gasteiger partial charge in [-0.3, -0.25) is 4.79 Å². The van der Waals surface area contributed by atoms with Crippen molar-refractivity contribution in [3.8, 4) is 0 Å². The Balaban J connectivity index is 2.16. The zero-order valence-corrected chi connectivity index (χ0v) is 12.5. The predicted molar refractivity (Wildman–Crippen MR) is 81.4 cm³/mol. The van der Waals surface area contributed by atoms with Crippen LogP contribution in [0.4, 0.5) is 5.82 Å². The molecule has 0 aromatic carbocycles. The lowest BCUT2D eigenvalue weighted by Gasteiger charge is -2.17. The largest absolute Gasteiger partial charge is 0.363 e. The summed E-state index contributed by atoms with van der Waals surface area (Å²) in [7, 11) is 3.93. The molecule has 0 saturated carbocycles. The maximum Gasteiger partial charge on any atom is 0.168 e. The number of anilines is 1. The molecule has 0 radical (unpaired) electrons. The van der Waals surface area contributed by atoms with Gasteiger partial charge >= 0.3 is 0 Å². The first-order valence-electron chi connectivity index (χ1n) is 6.44. The van der Waals surface area contributed by atoms with Crippen LogP contribution in [0.1, 0.15) is 34.6 Å². The van der Waals surface area contributed by atoms with E-state index in [1.807, 2.05) is 30.8 Å². The van der Waals surface area contributed by atoms with E-state index in [0.717, 1.165) is 24.2 Å². The Kier molecular flexibility index (Phi) is 3.25. The van der Waals surface area contributed by atoms with E-state index < -0.39 is 0 Å². The molecule has 2 aromatic heterocycles. The molecule has 104 valence electrons. The second-order valence-electron chi connectivity index (χ2n) is 5.04. The first-order chi connectivity index (χ1) is 9.60. The van der Waals surface area contributed by atoms with Crippen LogP contribution in [-0.2, 0) is 0 Å². The maximum atomic E-state index is 11.1. The van der Waals surface area contributed by atoms with Crippen molar-refractivity contribution in [3.63, 3.8) is 0 Å². The fourth-order valence-corrected chi connectivity index (χ4v) is 3.40. The fourth-order valence-electron chi connectivity index (χ4n) is 2.32. The molecule has 3 rings (SSSR count). The van der Waals surface area contributed by atoms with E-state index in [9.17, 15) is 4.79 Å². The van der Waals surface area contributed by atoms with Gasteiger partial charge in [0, 0.05) is 20.2 Å². The standard InChI is InChI=1S/C14H16N4OS/c1-9-4-5-12(20-9)11-6-13(17(2)3)18-14(16-11)10(8-19)7-15-18/h4,6-8,12H,5H2,1-3H3. The van der Waals surface area contributed by atoms with Crippen LogP contribution in [-0.4, -0.2) is 35.0 Å². The number of fused-ring (bicyclic) bond motifs is 1. The summed E-state index contributed by atoms with van der Waals surface area (Å²) in [5.74, 6) is 0.934. The summed E-state index contributed by atoms with van der Waals surface area (Å²) in [5, 5.41) is 4.58. The van der Waals surface area contributed by atoms with E-state index in [2.05, 4.69) is 29.1 Å². The number of aldehydes is 1. The van der Waals surface area contributed by atoms with Gasteiger partial charge in [-0.1, -0.05) is 6.08 Å². The van der Waals surface area contributed by atoms with Crippen molar-refractivity contribution in [2.75, 3.05) is 19.0 Å². The van der Waals surface area contributed by atoms with Crippen molar-refractivity contribution in [3.05, 3.63) is 34.5 Å². The first-order valence-corrected chi connectivity index (χ1v) is 7.32. The van der Waals surface area contributed by atoms with Crippen LogP contribution in [0.2, 0.25) is 0 Å². The molecule has 1 atom stereocenters. The van der Waals surface area contributed by atoms with Gasteiger partial charge in [0.1, 0.15) is 5.82 Å². The highest BCUT2D eigenvalue weighted by molar-refractivity contribution is 8.03. The summed E-state index contributed by atoms with van der Waals surface area (Å²) in [6, 6.07) is 2.05. The molecule has 0 fully saturated rings. The molecule has 0 bridgehead atoms. The van der Waals surface area contributed by atoms with Crippen molar-refractivity contribution in [2.45, 2.75) is 18.6 Å². The van der Waals surface area contributed by atoms with E-state index in [1.54, 1.807) is 10.7 Å². The molecule has 0 aliphatic carbocycles. The maximum absolute atomic E-state index is 11.1. The second kappa shape index (κ2) is 4.94. The van der Waals surface area contributed by atoms with Gasteiger partial charge in [0.15, 0.2) is 11.9 Å². The first kappa shape index (κ1) is 13.2. The normalized spacial score (nSPS) is 18.4. The number of carbonyl (C=O) groups excluding carboxylic acids is 1. The van der Waals surface area contributed by atoms with Crippen molar-refractivity contribution < 1.29 is 4.79 Å². The van der Waals surface area contributed by atoms with E-state index >= 15 is 0 Å². The molecule has 3 heterocycles. The third kappa shape index (κ3) is 2.10. The van der Waals surface area contributed by atoms with Crippen LogP contribution >= 0.6 is 11.8 Å². The Labute approximate surface area is 121 Å². The van der Waals surface area contributed by atoms with Crippen LogP contribution in [0.15, 0.2) is 23.2 Å². The number of hydrogen-bond donors (Lipinski definition) is 0. The van der Waals surface area contributed by atoms with Crippen molar-refractivity contribution >= 4 is 29.5 Å². The van der Waals surface area contributed by atoms with Crippen molar-refractivity contribution in [1.29, 1.82) is 0 Å². The molecule has 2 aromatic rings. The zero-order valence-electron chi connectivity index (χ0n) is 11.7. The summed E-state index contributed by atoms with van der Waals surface area (Å²) in [5.41, 5.74) is 2.16. The predicted octanol–water partition coefficient (Wildman–Crippen LogP) is 2.69. The lowest BCUT2D eigenvalue weighted by atomic mass is 10.2. The Morgan fingerprint density at radius 1 is 1.50 bits per heavy atom. The molecule has 0 spiro atoms. The molecule has 0 saturated heterocycles. The SMILES string of the molecule is CC1=CCC(c2cc(N(C)C)n3ncc(C=O)c3n2)S1. The highest BCUT2D eigenvalue weighted by Crippen LogP contribution is 2.43. The topological polar surface area (TPSA) is 50.5 Å². The minimum absolute atomic E-state index is 0.327. The Morgan fingerprint density at radius 3 is 2.90 bits per heavy atom. The van der Waals surface area contributed by atoms with E-state index in [4.69, 9.17) is 0 Å². The van der Waals surface area contributed by atoms with Gasteiger partial charge in [0.2, 0.25) is 0 Å². The Morgan fingerprint density at radius 2 is 2.30 bits per heavy atom. The molecule has 0 N–H and O–H groups in total. The second-order valence-corrected chi connectivity index (χ2v) is 6.49. The number of aromatic nitrogens is 3. The lowest BCUT2D eigenvalue weighted by Crippen LogP contribution is -2.15. The highest BCUT2D eigenvalue weighted by Gasteiger charge is 2.22. The van der Waals surface area contributed by atoms with Gasteiger partial charge in [0.05, 0.1) is 22.7 Å². The number of carbonyl (C=O) groups is 1. The van der Waals surface area contributed by atoms with E-state index in [0.29, 0.717) is 16.5 Å². The highest BCUT2D eigenvalue weighted by atomic mass is 32.2. The molecular formula is C14H16N4OS. The van der Waals surface area contributed by atoms with Gasteiger partial charge in [-0.2, -0.15) is 9.61 Å².